The highest BCUT2D eigenvalue weighted by Crippen LogP contribution is 2.02. The summed E-state index contributed by atoms with van der Waals surface area (Å²) in [5.74, 6) is 0.0375. The summed E-state index contributed by atoms with van der Waals surface area (Å²) in [7, 11) is 0. The number of nitrogens with zero attached hydrogens (tertiary/aromatic N) is 1. The maximum absolute atomic E-state index is 10.2. The van der Waals surface area contributed by atoms with Crippen molar-refractivity contribution in [3.05, 3.63) is 0 Å². The number of carboxylic acids is 1. The van der Waals surface area contributed by atoms with Gasteiger partial charge in [0.1, 0.15) is 6.04 Å². The molecule has 0 amide bonds. The van der Waals surface area contributed by atoms with Crippen LogP contribution in [0.5, 0.6) is 0 Å². The van der Waals surface area contributed by atoms with E-state index in [1.807, 2.05) is 6.07 Å². The second-order valence-corrected chi connectivity index (χ2v) is 3.05. The normalized spacial score (nSPS) is 12.0. The highest BCUT2D eigenvalue weighted by molar-refractivity contribution is 7.99. The standard InChI is InChI=1S/C6H10N2O2S/c7-2-4-11-3-1-5(8)6(9)10/h5H,1,3-4,8H2,(H,9,10). The van der Waals surface area contributed by atoms with Gasteiger partial charge in [0.05, 0.1) is 11.8 Å². The van der Waals surface area contributed by atoms with Gasteiger partial charge in [0.15, 0.2) is 0 Å². The molecular formula is C6H10N2O2S. The van der Waals surface area contributed by atoms with Crippen molar-refractivity contribution in [1.29, 1.82) is 5.26 Å². The maximum atomic E-state index is 10.2. The predicted octanol–water partition coefficient (Wildman–Crippen LogP) is 0.0452. The molecule has 0 saturated heterocycles. The number of aliphatic carboxylic acids is 1. The molecule has 0 bridgehead atoms. The maximum Gasteiger partial charge on any atom is 0.320 e. The molecule has 0 saturated carbocycles. The first-order chi connectivity index (χ1) is 5.18. The van der Waals surface area contributed by atoms with Gasteiger partial charge in [-0.25, -0.2) is 0 Å². The van der Waals surface area contributed by atoms with Crippen LogP contribution in [0.25, 0.3) is 0 Å². The van der Waals surface area contributed by atoms with Crippen molar-refractivity contribution in [3.8, 4) is 6.07 Å². The van der Waals surface area contributed by atoms with Crippen molar-refractivity contribution in [2.45, 2.75) is 12.5 Å². The van der Waals surface area contributed by atoms with E-state index in [1.165, 1.54) is 11.8 Å². The molecule has 0 aliphatic heterocycles. The zero-order valence-electron chi connectivity index (χ0n) is 5.99. The Morgan fingerprint density at radius 3 is 2.91 bits per heavy atom. The minimum absolute atomic E-state index is 0.395. The molecule has 1 atom stereocenters. The van der Waals surface area contributed by atoms with Gasteiger partial charge in [-0.2, -0.15) is 5.26 Å². The lowest BCUT2D eigenvalue weighted by Gasteiger charge is -2.03. The fraction of sp³-hybridized carbons (Fsp3) is 0.667. The number of nitrogens with two attached hydrogens (primary N) is 1. The minimum atomic E-state index is -0.984. The Hall–Kier alpha value is -0.730. The van der Waals surface area contributed by atoms with Crippen LogP contribution in [-0.4, -0.2) is 28.6 Å². The first kappa shape index (κ1) is 10.3. The lowest BCUT2D eigenvalue weighted by atomic mass is 10.2. The molecule has 0 heterocycles. The SMILES string of the molecule is N#CCSCCC(N)C(=O)O. The van der Waals surface area contributed by atoms with Gasteiger partial charge >= 0.3 is 5.97 Å². The fourth-order valence-electron chi connectivity index (χ4n) is 0.452. The molecule has 0 aromatic heterocycles. The Bertz CT molecular complexity index is 166. The zero-order valence-corrected chi connectivity index (χ0v) is 6.80. The first-order valence-electron chi connectivity index (χ1n) is 3.11. The van der Waals surface area contributed by atoms with E-state index in [0.29, 0.717) is 17.9 Å². The van der Waals surface area contributed by atoms with Crippen molar-refractivity contribution in [2.24, 2.45) is 5.73 Å². The number of hydrogen-bond acceptors (Lipinski definition) is 4. The van der Waals surface area contributed by atoms with Gasteiger partial charge in [0.25, 0.3) is 0 Å². The molecule has 0 aliphatic carbocycles. The van der Waals surface area contributed by atoms with Crippen molar-refractivity contribution in [1.82, 2.24) is 0 Å². The second kappa shape index (κ2) is 6.01. The molecule has 0 spiro atoms. The molecule has 62 valence electrons. The molecule has 5 heteroatoms. The van der Waals surface area contributed by atoms with E-state index in [-0.39, 0.29) is 0 Å². The Balaban J connectivity index is 3.26. The summed E-state index contributed by atoms with van der Waals surface area (Å²) in [6.07, 6.45) is 0.418. The molecule has 0 fully saturated rings. The van der Waals surface area contributed by atoms with Crippen LogP contribution in [0.1, 0.15) is 6.42 Å². The minimum Gasteiger partial charge on any atom is -0.480 e. The summed E-state index contributed by atoms with van der Waals surface area (Å²) >= 11 is 1.39. The molecule has 0 aromatic carbocycles. The number of hydrogen-bond donors (Lipinski definition) is 2. The van der Waals surface area contributed by atoms with Crippen LogP contribution >= 0.6 is 11.8 Å². The van der Waals surface area contributed by atoms with Crippen molar-refractivity contribution < 1.29 is 9.90 Å². The topological polar surface area (TPSA) is 87.1 Å². The molecule has 0 aromatic rings. The lowest BCUT2D eigenvalue weighted by Crippen LogP contribution is -2.30. The Morgan fingerprint density at radius 2 is 2.45 bits per heavy atom. The summed E-state index contributed by atoms with van der Waals surface area (Å²) in [6, 6.07) is 1.15. The van der Waals surface area contributed by atoms with E-state index in [4.69, 9.17) is 16.1 Å². The third-order valence-corrected chi connectivity index (χ3v) is 1.91. The largest absolute Gasteiger partial charge is 0.480 e. The Labute approximate surface area is 69.4 Å². The Kier molecular flexibility index (Phi) is 5.61. The number of carbonyl (C=O) groups is 1. The van der Waals surface area contributed by atoms with Crippen LogP contribution in [0.3, 0.4) is 0 Å². The van der Waals surface area contributed by atoms with Gasteiger partial charge in [-0.3, -0.25) is 4.79 Å². The van der Waals surface area contributed by atoms with Gasteiger partial charge in [-0.1, -0.05) is 0 Å². The third kappa shape index (κ3) is 5.70. The van der Waals surface area contributed by atoms with E-state index in [2.05, 4.69) is 0 Å². The number of thioether (sulfide) groups is 1. The highest BCUT2D eigenvalue weighted by atomic mass is 32.2. The van der Waals surface area contributed by atoms with Crippen molar-refractivity contribution >= 4 is 17.7 Å². The number of nitriles is 1. The van der Waals surface area contributed by atoms with Gasteiger partial charge in [-0.05, 0) is 12.2 Å². The lowest BCUT2D eigenvalue weighted by molar-refractivity contribution is -0.138. The molecule has 1 unspecified atom stereocenters. The molecule has 3 N–H and O–H groups in total. The monoisotopic (exact) mass is 174 g/mol. The van der Waals surface area contributed by atoms with E-state index in [9.17, 15) is 4.79 Å². The number of carboxylic acid groups (broad SMARTS) is 1. The van der Waals surface area contributed by atoms with Crippen molar-refractivity contribution in [2.75, 3.05) is 11.5 Å². The van der Waals surface area contributed by atoms with E-state index in [1.54, 1.807) is 0 Å². The van der Waals surface area contributed by atoms with Crippen LogP contribution in [0.2, 0.25) is 0 Å². The summed E-state index contributed by atoms with van der Waals surface area (Å²) in [6.45, 7) is 0. The smallest absolute Gasteiger partial charge is 0.320 e. The van der Waals surface area contributed by atoms with Gasteiger partial charge < -0.3 is 10.8 Å². The molecular weight excluding hydrogens is 164 g/mol. The van der Waals surface area contributed by atoms with Crippen LogP contribution in [0, 0.1) is 11.3 Å². The molecule has 0 rings (SSSR count). The molecule has 11 heavy (non-hydrogen) atoms. The molecule has 0 radical (unpaired) electrons. The van der Waals surface area contributed by atoms with Crippen LogP contribution in [0.15, 0.2) is 0 Å². The third-order valence-electron chi connectivity index (χ3n) is 1.06. The van der Waals surface area contributed by atoms with Gasteiger partial charge in [0.2, 0.25) is 0 Å². The average Bonchev–Trinajstić information content (AvgIpc) is 1.97. The summed E-state index contributed by atoms with van der Waals surface area (Å²) < 4.78 is 0. The zero-order chi connectivity index (χ0) is 8.69. The van der Waals surface area contributed by atoms with E-state index < -0.39 is 12.0 Å². The highest BCUT2D eigenvalue weighted by Gasteiger charge is 2.09. The quantitative estimate of drug-likeness (QED) is 0.575. The van der Waals surface area contributed by atoms with Crippen LogP contribution < -0.4 is 5.73 Å². The molecule has 0 aliphatic rings. The first-order valence-corrected chi connectivity index (χ1v) is 4.27. The van der Waals surface area contributed by atoms with Gasteiger partial charge in [-0.15, -0.1) is 11.8 Å². The fourth-order valence-corrected chi connectivity index (χ4v) is 1.11. The molecule has 4 nitrogen and oxygen atoms in total. The average molecular weight is 174 g/mol. The predicted molar refractivity (Wildman–Crippen MR) is 43.2 cm³/mol. The van der Waals surface area contributed by atoms with E-state index >= 15 is 0 Å². The number of rotatable bonds is 5. The van der Waals surface area contributed by atoms with Crippen molar-refractivity contribution in [3.63, 3.8) is 0 Å². The Morgan fingerprint density at radius 1 is 1.82 bits per heavy atom. The van der Waals surface area contributed by atoms with Crippen LogP contribution in [0.4, 0.5) is 0 Å². The second-order valence-electron chi connectivity index (χ2n) is 1.94. The summed E-state index contributed by atoms with van der Waals surface area (Å²) in [5.41, 5.74) is 5.20. The van der Waals surface area contributed by atoms with Crippen LogP contribution in [-0.2, 0) is 4.79 Å². The summed E-state index contributed by atoms with van der Waals surface area (Å²) in [5, 5.41) is 16.5. The van der Waals surface area contributed by atoms with Gasteiger partial charge in [0, 0.05) is 0 Å². The summed E-state index contributed by atoms with van der Waals surface area (Å²) in [4.78, 5) is 10.2. The van der Waals surface area contributed by atoms with E-state index in [0.717, 1.165) is 0 Å².